The van der Waals surface area contributed by atoms with Crippen molar-refractivity contribution < 1.29 is 53.0 Å². The van der Waals surface area contributed by atoms with Crippen LogP contribution in [0.25, 0.3) is 44.5 Å². The molecule has 53 heavy (non-hydrogen) atoms. The molecule has 0 bridgehead atoms. The van der Waals surface area contributed by atoms with E-state index in [4.69, 9.17) is 0 Å². The molecular weight excluding hydrogens is 732 g/mol. The zero-order valence-corrected chi connectivity index (χ0v) is 27.7. The number of hydrogen-bond acceptors (Lipinski definition) is 6. The third-order valence-electron chi connectivity index (χ3n) is 7.88. The minimum atomic E-state index is -4.91. The first-order chi connectivity index (χ1) is 25.0. The Kier molecular flexibility index (Phi) is 10.2. The third-order valence-corrected chi connectivity index (χ3v) is 9.38. The summed E-state index contributed by atoms with van der Waals surface area (Å²) in [5, 5.41) is 0. The van der Waals surface area contributed by atoms with Gasteiger partial charge in [-0.15, -0.1) is 26.3 Å². The molecule has 272 valence electrons. The first kappa shape index (κ1) is 36.9. The maximum absolute atomic E-state index is 15.4. The summed E-state index contributed by atoms with van der Waals surface area (Å²) in [7, 11) is -4.15. The van der Waals surface area contributed by atoms with Crippen molar-refractivity contribution in [2.45, 2.75) is 24.2 Å². The van der Waals surface area contributed by atoms with Gasteiger partial charge in [0.05, 0.1) is 11.5 Å². The van der Waals surface area contributed by atoms with Crippen LogP contribution in [0.3, 0.4) is 0 Å². The highest BCUT2D eigenvalue weighted by Gasteiger charge is 2.32. The van der Waals surface area contributed by atoms with Gasteiger partial charge in [-0.05, 0) is 81.9 Å². The standard InChI is InChI=1S/C38H24F8N2O4S/c39-35-17-25(33-19-47-13-11-31(33)23-3-1-5-29(15-23)51-37(41,42)43)7-9-27(35)21-53(49,50)22-28-10-8-26(18-36(28)40)34-20-48-14-12-32(34)24-4-2-6-30(16-24)52-38(44,45)46/h1-20H,21-22H2. The van der Waals surface area contributed by atoms with Gasteiger partial charge in [-0.25, -0.2) is 17.2 Å². The van der Waals surface area contributed by atoms with E-state index in [2.05, 4.69) is 19.4 Å². The molecule has 6 aromatic rings. The predicted octanol–water partition coefficient (Wildman–Crippen LogP) is 10.3. The minimum absolute atomic E-state index is 0.200. The predicted molar refractivity (Wildman–Crippen MR) is 180 cm³/mol. The van der Waals surface area contributed by atoms with Crippen LogP contribution in [0, 0.1) is 11.6 Å². The summed E-state index contributed by atoms with van der Waals surface area (Å²) in [6, 6.07) is 21.0. The first-order valence-electron chi connectivity index (χ1n) is 15.4. The molecule has 4 aromatic carbocycles. The van der Waals surface area contributed by atoms with Gasteiger partial charge in [0.1, 0.15) is 23.1 Å². The fourth-order valence-electron chi connectivity index (χ4n) is 5.66. The summed E-state index contributed by atoms with van der Waals surface area (Å²) in [4.78, 5) is 8.09. The monoisotopic (exact) mass is 756 g/mol. The van der Waals surface area contributed by atoms with E-state index >= 15 is 8.78 Å². The van der Waals surface area contributed by atoms with E-state index in [0.29, 0.717) is 33.4 Å². The lowest BCUT2D eigenvalue weighted by molar-refractivity contribution is -0.275. The molecule has 0 fully saturated rings. The highest BCUT2D eigenvalue weighted by atomic mass is 32.2. The van der Waals surface area contributed by atoms with E-state index in [1.54, 1.807) is 0 Å². The number of rotatable bonds is 10. The summed E-state index contributed by atoms with van der Waals surface area (Å²) in [5.41, 5.74) is 2.32. The van der Waals surface area contributed by atoms with E-state index in [9.17, 15) is 34.8 Å². The average molecular weight is 757 g/mol. The molecule has 0 spiro atoms. The number of nitrogens with zero attached hydrogens (tertiary/aromatic N) is 2. The van der Waals surface area contributed by atoms with Gasteiger partial charge >= 0.3 is 12.7 Å². The van der Waals surface area contributed by atoms with Crippen LogP contribution < -0.4 is 9.47 Å². The lowest BCUT2D eigenvalue weighted by Crippen LogP contribution is -2.17. The van der Waals surface area contributed by atoms with E-state index < -0.39 is 57.2 Å². The molecule has 0 atom stereocenters. The normalized spacial score (nSPS) is 12.1. The Bertz CT molecular complexity index is 2240. The van der Waals surface area contributed by atoms with Crippen LogP contribution in [0.1, 0.15) is 11.1 Å². The van der Waals surface area contributed by atoms with Crippen molar-refractivity contribution >= 4 is 9.84 Å². The first-order valence-corrected chi connectivity index (χ1v) is 17.2. The second-order valence-corrected chi connectivity index (χ2v) is 13.7. The summed E-state index contributed by atoms with van der Waals surface area (Å²) in [5.74, 6) is -4.25. The molecule has 0 amide bonds. The Hall–Kier alpha value is -5.83. The summed E-state index contributed by atoms with van der Waals surface area (Å²) < 4.78 is 142. The van der Waals surface area contributed by atoms with Gasteiger partial charge in [-0.2, -0.15) is 0 Å². The molecule has 0 radical (unpaired) electrons. The van der Waals surface area contributed by atoms with Crippen LogP contribution in [0.15, 0.2) is 122 Å². The fraction of sp³-hybridized carbons (Fsp3) is 0.105. The third kappa shape index (κ3) is 9.35. The van der Waals surface area contributed by atoms with Crippen molar-refractivity contribution in [3.05, 3.63) is 145 Å². The number of halogens is 8. The number of ether oxygens (including phenoxy) is 2. The largest absolute Gasteiger partial charge is 0.573 e. The van der Waals surface area contributed by atoms with Gasteiger partial charge in [0.2, 0.25) is 0 Å². The van der Waals surface area contributed by atoms with Crippen LogP contribution in [-0.4, -0.2) is 31.1 Å². The second-order valence-electron chi connectivity index (χ2n) is 11.6. The highest BCUT2D eigenvalue weighted by Crippen LogP contribution is 2.37. The molecule has 0 aliphatic carbocycles. The van der Waals surface area contributed by atoms with E-state index in [0.717, 1.165) is 24.3 Å². The van der Waals surface area contributed by atoms with Crippen LogP contribution in [0.2, 0.25) is 0 Å². The zero-order valence-electron chi connectivity index (χ0n) is 26.9. The molecule has 0 N–H and O–H groups in total. The van der Waals surface area contributed by atoms with Crippen LogP contribution in [0.4, 0.5) is 35.1 Å². The molecule has 15 heteroatoms. The van der Waals surface area contributed by atoms with Gasteiger partial charge in [0.25, 0.3) is 0 Å². The van der Waals surface area contributed by atoms with Gasteiger partial charge in [0, 0.05) is 47.0 Å². The molecule has 2 heterocycles. The second kappa shape index (κ2) is 14.7. The Labute approximate surface area is 297 Å². The van der Waals surface area contributed by atoms with Crippen molar-refractivity contribution in [2.24, 2.45) is 0 Å². The quantitative estimate of drug-likeness (QED) is 0.130. The summed E-state index contributed by atoms with van der Waals surface area (Å²) in [6.45, 7) is 0. The number of alkyl halides is 6. The minimum Gasteiger partial charge on any atom is -0.406 e. The number of hydrogen-bond donors (Lipinski definition) is 0. The van der Waals surface area contributed by atoms with E-state index in [1.807, 2.05) is 0 Å². The number of pyridine rings is 2. The van der Waals surface area contributed by atoms with Gasteiger partial charge < -0.3 is 9.47 Å². The van der Waals surface area contributed by atoms with Crippen molar-refractivity contribution in [1.82, 2.24) is 9.97 Å². The van der Waals surface area contributed by atoms with Gasteiger partial charge in [-0.3, -0.25) is 9.97 Å². The SMILES string of the molecule is O=S(=O)(Cc1ccc(-c2cnccc2-c2cccc(OC(F)(F)F)c2)cc1F)Cc1ccc(-c2cnccc2-c2cccc(OC(F)(F)F)c2)cc1F. The number of benzene rings is 4. The van der Waals surface area contributed by atoms with Crippen molar-refractivity contribution in [1.29, 1.82) is 0 Å². The fourth-order valence-corrected chi connectivity index (χ4v) is 7.18. The van der Waals surface area contributed by atoms with Gasteiger partial charge in [0.15, 0.2) is 9.84 Å². The number of aromatic nitrogens is 2. The van der Waals surface area contributed by atoms with Crippen molar-refractivity contribution in [2.75, 3.05) is 0 Å². The van der Waals surface area contributed by atoms with E-state index in [-0.39, 0.29) is 22.3 Å². The topological polar surface area (TPSA) is 78.4 Å². The summed E-state index contributed by atoms with van der Waals surface area (Å²) >= 11 is 0. The Balaban J connectivity index is 1.20. The Morgan fingerprint density at radius 3 is 1.28 bits per heavy atom. The molecule has 0 aliphatic rings. The van der Waals surface area contributed by atoms with Crippen LogP contribution in [-0.2, 0) is 21.3 Å². The molecule has 2 aromatic heterocycles. The molecule has 0 saturated heterocycles. The lowest BCUT2D eigenvalue weighted by Gasteiger charge is -2.14. The van der Waals surface area contributed by atoms with Gasteiger partial charge in [-0.1, -0.05) is 48.5 Å². The highest BCUT2D eigenvalue weighted by molar-refractivity contribution is 7.89. The van der Waals surface area contributed by atoms with Crippen LogP contribution >= 0.6 is 0 Å². The van der Waals surface area contributed by atoms with Crippen molar-refractivity contribution in [3.8, 4) is 56.0 Å². The Morgan fingerprint density at radius 1 is 0.509 bits per heavy atom. The zero-order chi connectivity index (χ0) is 38.0. The van der Waals surface area contributed by atoms with Crippen LogP contribution in [0.5, 0.6) is 11.5 Å². The molecule has 6 nitrogen and oxygen atoms in total. The maximum Gasteiger partial charge on any atom is 0.573 e. The lowest BCUT2D eigenvalue weighted by atomic mass is 9.96. The Morgan fingerprint density at radius 2 is 0.906 bits per heavy atom. The maximum atomic E-state index is 15.4. The van der Waals surface area contributed by atoms with E-state index in [1.165, 1.54) is 97.6 Å². The molecule has 6 rings (SSSR count). The number of sulfone groups is 1. The average Bonchev–Trinajstić information content (AvgIpc) is 3.09. The smallest absolute Gasteiger partial charge is 0.406 e. The van der Waals surface area contributed by atoms with Crippen molar-refractivity contribution in [3.63, 3.8) is 0 Å². The molecule has 0 unspecified atom stereocenters. The molecule has 0 saturated carbocycles. The summed E-state index contributed by atoms with van der Waals surface area (Å²) in [6.07, 6.45) is -4.23. The molecular formula is C38H24F8N2O4S. The molecule has 0 aliphatic heterocycles.